The minimum absolute atomic E-state index is 0.117. The van der Waals surface area contributed by atoms with Crippen LogP contribution < -0.4 is 9.47 Å². The molecule has 1 aliphatic rings. The van der Waals surface area contributed by atoms with Gasteiger partial charge < -0.3 is 9.47 Å². The van der Waals surface area contributed by atoms with Gasteiger partial charge in [-0.25, -0.2) is 9.98 Å². The fourth-order valence-corrected chi connectivity index (χ4v) is 4.23. The number of amides is 1. The van der Waals surface area contributed by atoms with Gasteiger partial charge in [-0.15, -0.1) is 0 Å². The van der Waals surface area contributed by atoms with Gasteiger partial charge in [0.2, 0.25) is 0 Å². The Hall–Kier alpha value is -3.29. The van der Waals surface area contributed by atoms with E-state index < -0.39 is 0 Å². The van der Waals surface area contributed by atoms with Gasteiger partial charge in [-0.2, -0.15) is 0 Å². The summed E-state index contributed by atoms with van der Waals surface area (Å²) in [7, 11) is 3.29. The number of nitrogens with zero attached hydrogens (tertiary/aromatic N) is 3. The average molecular weight is 480 g/mol. The summed E-state index contributed by atoms with van der Waals surface area (Å²) < 4.78 is 11.4. The van der Waals surface area contributed by atoms with Crippen LogP contribution >= 0.6 is 23.4 Å². The highest BCUT2D eigenvalue weighted by atomic mass is 35.5. The summed E-state index contributed by atoms with van der Waals surface area (Å²) in [5.41, 5.74) is 2.69. The van der Waals surface area contributed by atoms with E-state index in [4.69, 9.17) is 21.1 Å². The Morgan fingerprint density at radius 3 is 2.64 bits per heavy atom. The second kappa shape index (κ2) is 10.1. The van der Waals surface area contributed by atoms with E-state index in [1.165, 1.54) is 16.7 Å². The molecule has 0 N–H and O–H groups in total. The van der Waals surface area contributed by atoms with Crippen LogP contribution in [-0.4, -0.2) is 35.1 Å². The van der Waals surface area contributed by atoms with Crippen molar-refractivity contribution >= 4 is 46.3 Å². The molecule has 1 aromatic heterocycles. The van der Waals surface area contributed by atoms with Crippen LogP contribution in [-0.2, 0) is 11.4 Å². The van der Waals surface area contributed by atoms with E-state index >= 15 is 0 Å². The zero-order valence-electron chi connectivity index (χ0n) is 18.4. The molecule has 33 heavy (non-hydrogen) atoms. The van der Waals surface area contributed by atoms with Gasteiger partial charge in [-0.1, -0.05) is 35.9 Å². The van der Waals surface area contributed by atoms with E-state index in [0.29, 0.717) is 39.0 Å². The first kappa shape index (κ1) is 22.9. The Morgan fingerprint density at radius 2 is 1.91 bits per heavy atom. The Morgan fingerprint density at radius 1 is 1.12 bits per heavy atom. The Kier molecular flexibility index (Phi) is 7.01. The number of aliphatic imine (C=N–C) groups is 1. The van der Waals surface area contributed by atoms with Gasteiger partial charge in [0, 0.05) is 17.8 Å². The number of benzene rings is 2. The summed E-state index contributed by atoms with van der Waals surface area (Å²) in [5, 5.41) is 1.27. The lowest BCUT2D eigenvalue weighted by Gasteiger charge is -2.11. The highest BCUT2D eigenvalue weighted by Gasteiger charge is 2.30. The third kappa shape index (κ3) is 5.56. The first-order valence-electron chi connectivity index (χ1n) is 10.2. The highest BCUT2D eigenvalue weighted by molar-refractivity contribution is 8.18. The zero-order chi connectivity index (χ0) is 23.4. The molecule has 8 heteroatoms. The van der Waals surface area contributed by atoms with Crippen molar-refractivity contribution in [3.05, 3.63) is 87.4 Å². The quantitative estimate of drug-likeness (QED) is 0.414. The number of thioether (sulfide) groups is 1. The van der Waals surface area contributed by atoms with Gasteiger partial charge in [0.25, 0.3) is 5.91 Å². The number of hydrogen-bond acceptors (Lipinski definition) is 6. The topological polar surface area (TPSA) is 64.0 Å². The van der Waals surface area contributed by atoms with Crippen LogP contribution in [0.25, 0.3) is 6.08 Å². The SMILES string of the molecule is COc1cc(/C=C2\S/C(=N/c3cccc(C)n3)N(C)C2=O)ccc1OCc1ccc(Cl)cc1. The summed E-state index contributed by atoms with van der Waals surface area (Å²) in [5.74, 6) is 1.65. The second-order valence-electron chi connectivity index (χ2n) is 7.33. The average Bonchev–Trinajstić information content (AvgIpc) is 3.06. The number of methoxy groups -OCH3 is 1. The number of aryl methyl sites for hydroxylation is 1. The van der Waals surface area contributed by atoms with Crippen molar-refractivity contribution in [2.75, 3.05) is 14.2 Å². The van der Waals surface area contributed by atoms with E-state index in [2.05, 4.69) is 9.98 Å². The van der Waals surface area contributed by atoms with Gasteiger partial charge in [-0.3, -0.25) is 9.69 Å². The third-order valence-corrected chi connectivity index (χ3v) is 6.19. The molecule has 4 rings (SSSR count). The monoisotopic (exact) mass is 479 g/mol. The molecular formula is C25H22ClN3O3S. The van der Waals surface area contributed by atoms with Crippen molar-refractivity contribution in [3.8, 4) is 11.5 Å². The number of rotatable bonds is 6. The maximum Gasteiger partial charge on any atom is 0.266 e. The number of hydrogen-bond donors (Lipinski definition) is 0. The summed E-state index contributed by atoms with van der Waals surface area (Å²) >= 11 is 7.25. The Balaban J connectivity index is 1.52. The van der Waals surface area contributed by atoms with Crippen molar-refractivity contribution < 1.29 is 14.3 Å². The molecule has 1 saturated heterocycles. The number of carbonyl (C=O) groups is 1. The van der Waals surface area contributed by atoms with E-state index in [9.17, 15) is 4.79 Å². The van der Waals surface area contributed by atoms with Crippen LogP contribution in [0.1, 0.15) is 16.8 Å². The largest absolute Gasteiger partial charge is 0.493 e. The van der Waals surface area contributed by atoms with Crippen LogP contribution in [0.2, 0.25) is 5.02 Å². The molecule has 6 nitrogen and oxygen atoms in total. The molecule has 1 amide bonds. The Labute approximate surface area is 201 Å². The minimum Gasteiger partial charge on any atom is -0.493 e. The van der Waals surface area contributed by atoms with E-state index in [-0.39, 0.29) is 5.91 Å². The minimum atomic E-state index is -0.117. The summed E-state index contributed by atoms with van der Waals surface area (Å²) in [6.07, 6.45) is 1.82. The van der Waals surface area contributed by atoms with Crippen LogP contribution in [0, 0.1) is 6.92 Å². The van der Waals surface area contributed by atoms with Gasteiger partial charge in [0.05, 0.1) is 12.0 Å². The lowest BCUT2D eigenvalue weighted by atomic mass is 10.2. The molecule has 3 aromatic rings. The molecule has 1 aliphatic heterocycles. The fourth-order valence-electron chi connectivity index (χ4n) is 3.13. The fraction of sp³-hybridized carbons (Fsp3) is 0.160. The van der Waals surface area contributed by atoms with Gasteiger partial charge >= 0.3 is 0 Å². The predicted molar refractivity (Wildman–Crippen MR) is 133 cm³/mol. The van der Waals surface area contributed by atoms with Crippen LogP contribution in [0.4, 0.5) is 5.82 Å². The van der Waals surface area contributed by atoms with Gasteiger partial charge in [-0.05, 0) is 72.3 Å². The molecule has 0 saturated carbocycles. The summed E-state index contributed by atoms with van der Waals surface area (Å²) in [6, 6.07) is 18.7. The molecule has 0 atom stereocenters. The predicted octanol–water partition coefficient (Wildman–Crippen LogP) is 5.86. The molecule has 2 heterocycles. The van der Waals surface area contributed by atoms with E-state index in [0.717, 1.165) is 16.8 Å². The normalized spacial score (nSPS) is 16.0. The molecule has 0 aliphatic carbocycles. The number of carbonyl (C=O) groups excluding carboxylic acids is 1. The van der Waals surface area contributed by atoms with Gasteiger partial charge in [0.1, 0.15) is 6.61 Å². The molecule has 0 spiro atoms. The Bertz CT molecular complexity index is 1240. The van der Waals surface area contributed by atoms with Crippen LogP contribution in [0.3, 0.4) is 0 Å². The summed E-state index contributed by atoms with van der Waals surface area (Å²) in [6.45, 7) is 2.29. The van der Waals surface area contributed by atoms with Crippen molar-refractivity contribution in [2.24, 2.45) is 4.99 Å². The first-order valence-corrected chi connectivity index (χ1v) is 11.4. The molecule has 0 unspecified atom stereocenters. The second-order valence-corrected chi connectivity index (χ2v) is 8.78. The molecule has 168 valence electrons. The number of amidine groups is 1. The smallest absolute Gasteiger partial charge is 0.266 e. The van der Waals surface area contributed by atoms with Crippen LogP contribution in [0.15, 0.2) is 70.6 Å². The lowest BCUT2D eigenvalue weighted by molar-refractivity contribution is -0.121. The van der Waals surface area contributed by atoms with E-state index in [1.807, 2.05) is 73.7 Å². The zero-order valence-corrected chi connectivity index (χ0v) is 20.0. The molecular weight excluding hydrogens is 458 g/mol. The van der Waals surface area contributed by atoms with Crippen molar-refractivity contribution in [1.82, 2.24) is 9.88 Å². The van der Waals surface area contributed by atoms with E-state index in [1.54, 1.807) is 14.2 Å². The number of halogens is 1. The lowest BCUT2D eigenvalue weighted by Crippen LogP contribution is -2.23. The third-order valence-electron chi connectivity index (χ3n) is 4.88. The number of likely N-dealkylation sites (N-methyl/N-ethyl adjacent to an activating group) is 1. The standard InChI is InChI=1S/C25H22ClN3O3S/c1-16-5-4-6-23(27-16)28-25-29(2)24(30)22(33-25)14-18-9-12-20(21(13-18)31-3)32-15-17-7-10-19(26)11-8-17/h4-14H,15H2,1-3H3/b22-14-,28-25+. The van der Waals surface area contributed by atoms with Crippen LogP contribution in [0.5, 0.6) is 11.5 Å². The van der Waals surface area contributed by atoms with Gasteiger partial charge in [0.15, 0.2) is 22.5 Å². The van der Waals surface area contributed by atoms with Crippen molar-refractivity contribution in [3.63, 3.8) is 0 Å². The van der Waals surface area contributed by atoms with Crippen molar-refractivity contribution in [1.29, 1.82) is 0 Å². The maximum absolute atomic E-state index is 12.8. The number of pyridine rings is 1. The summed E-state index contributed by atoms with van der Waals surface area (Å²) in [4.78, 5) is 23.8. The highest BCUT2D eigenvalue weighted by Crippen LogP contribution is 2.35. The molecule has 0 bridgehead atoms. The maximum atomic E-state index is 12.8. The molecule has 0 radical (unpaired) electrons. The number of aromatic nitrogens is 1. The first-order chi connectivity index (χ1) is 15.9. The van der Waals surface area contributed by atoms with Crippen molar-refractivity contribution in [2.45, 2.75) is 13.5 Å². The number of ether oxygens (including phenoxy) is 2. The molecule has 1 fully saturated rings. The molecule has 2 aromatic carbocycles.